The summed E-state index contributed by atoms with van der Waals surface area (Å²) < 4.78 is 5.30. The average Bonchev–Trinajstić information content (AvgIpc) is 3.02. The first-order valence-electron chi connectivity index (χ1n) is 7.89. The molecule has 1 unspecified atom stereocenters. The van der Waals surface area contributed by atoms with Crippen molar-refractivity contribution in [1.29, 1.82) is 0 Å². The number of methoxy groups -OCH3 is 1. The fourth-order valence-electron chi connectivity index (χ4n) is 2.83. The number of hydrogen-bond donors (Lipinski definition) is 1. The van der Waals surface area contributed by atoms with E-state index in [2.05, 4.69) is 10.3 Å². The molecule has 3 rings (SSSR count). The van der Waals surface area contributed by atoms with Gasteiger partial charge in [-0.2, -0.15) is 0 Å². The molecular formula is C18H18ClN3O3. The second-order valence-electron chi connectivity index (χ2n) is 5.80. The van der Waals surface area contributed by atoms with Gasteiger partial charge in [-0.05, 0) is 29.8 Å². The number of pyridine rings is 1. The van der Waals surface area contributed by atoms with Crippen LogP contribution in [0.3, 0.4) is 0 Å². The molecule has 2 heterocycles. The largest absolute Gasteiger partial charge is 0.495 e. The minimum absolute atomic E-state index is 0.123. The van der Waals surface area contributed by atoms with Crippen LogP contribution >= 0.6 is 11.6 Å². The summed E-state index contributed by atoms with van der Waals surface area (Å²) in [5.41, 5.74) is 1.50. The predicted octanol–water partition coefficient (Wildman–Crippen LogP) is 2.41. The minimum atomic E-state index is -0.409. The number of carbonyl (C=O) groups is 2. The molecule has 1 saturated heterocycles. The minimum Gasteiger partial charge on any atom is -0.495 e. The van der Waals surface area contributed by atoms with Crippen LogP contribution in [0.15, 0.2) is 42.7 Å². The third-order valence-corrected chi connectivity index (χ3v) is 4.35. The van der Waals surface area contributed by atoms with Crippen molar-refractivity contribution in [2.24, 2.45) is 5.92 Å². The van der Waals surface area contributed by atoms with E-state index < -0.39 is 5.92 Å². The van der Waals surface area contributed by atoms with Crippen molar-refractivity contribution >= 4 is 29.1 Å². The molecule has 2 aromatic rings. The first-order chi connectivity index (χ1) is 12.1. The molecule has 0 spiro atoms. The molecule has 1 N–H and O–H groups in total. The van der Waals surface area contributed by atoms with Crippen molar-refractivity contribution in [2.45, 2.75) is 13.0 Å². The Labute approximate surface area is 150 Å². The molecule has 6 nitrogen and oxygen atoms in total. The summed E-state index contributed by atoms with van der Waals surface area (Å²) in [6.45, 7) is 0.687. The quantitative estimate of drug-likeness (QED) is 0.889. The molecular weight excluding hydrogens is 342 g/mol. The van der Waals surface area contributed by atoms with Gasteiger partial charge in [0.15, 0.2) is 0 Å². The number of amides is 2. The Morgan fingerprint density at radius 1 is 1.44 bits per heavy atom. The highest BCUT2D eigenvalue weighted by Gasteiger charge is 2.36. The average molecular weight is 360 g/mol. The Morgan fingerprint density at radius 3 is 3.00 bits per heavy atom. The Morgan fingerprint density at radius 2 is 2.28 bits per heavy atom. The van der Waals surface area contributed by atoms with E-state index in [0.29, 0.717) is 29.5 Å². The predicted molar refractivity (Wildman–Crippen MR) is 94.5 cm³/mol. The number of hydrogen-bond acceptors (Lipinski definition) is 4. The van der Waals surface area contributed by atoms with Crippen LogP contribution in [-0.2, 0) is 16.1 Å². The molecule has 1 fully saturated rings. The van der Waals surface area contributed by atoms with Gasteiger partial charge >= 0.3 is 0 Å². The summed E-state index contributed by atoms with van der Waals surface area (Å²) in [6.07, 6.45) is 3.54. The molecule has 2 amide bonds. The Balaban J connectivity index is 1.68. The zero-order chi connectivity index (χ0) is 17.8. The molecule has 7 heteroatoms. The van der Waals surface area contributed by atoms with E-state index in [9.17, 15) is 9.59 Å². The van der Waals surface area contributed by atoms with Crippen molar-refractivity contribution in [3.63, 3.8) is 0 Å². The highest BCUT2D eigenvalue weighted by atomic mass is 35.5. The van der Waals surface area contributed by atoms with E-state index in [0.717, 1.165) is 5.56 Å². The summed E-state index contributed by atoms with van der Waals surface area (Å²) >= 11 is 6.04. The lowest BCUT2D eigenvalue weighted by Crippen LogP contribution is -2.32. The fourth-order valence-corrected chi connectivity index (χ4v) is 2.99. The van der Waals surface area contributed by atoms with Crippen molar-refractivity contribution in [3.05, 3.63) is 53.3 Å². The highest BCUT2D eigenvalue weighted by Crippen LogP contribution is 2.35. The van der Waals surface area contributed by atoms with Crippen molar-refractivity contribution in [3.8, 4) is 5.75 Å². The fraction of sp³-hybridized carbons (Fsp3) is 0.278. The number of halogens is 1. The monoisotopic (exact) mass is 359 g/mol. The Kier molecular flexibility index (Phi) is 5.19. The molecule has 1 aliphatic rings. The second kappa shape index (κ2) is 7.53. The zero-order valence-electron chi connectivity index (χ0n) is 13.7. The highest BCUT2D eigenvalue weighted by molar-refractivity contribution is 6.31. The van der Waals surface area contributed by atoms with Gasteiger partial charge in [0.1, 0.15) is 5.75 Å². The third kappa shape index (κ3) is 3.91. The summed E-state index contributed by atoms with van der Waals surface area (Å²) in [7, 11) is 1.53. The van der Waals surface area contributed by atoms with Gasteiger partial charge in [-0.25, -0.2) is 0 Å². The van der Waals surface area contributed by atoms with E-state index in [1.807, 2.05) is 12.1 Å². The lowest BCUT2D eigenvalue weighted by Gasteiger charge is -2.19. The van der Waals surface area contributed by atoms with E-state index in [-0.39, 0.29) is 18.2 Å². The number of rotatable bonds is 5. The van der Waals surface area contributed by atoms with E-state index in [4.69, 9.17) is 16.3 Å². The van der Waals surface area contributed by atoms with Gasteiger partial charge in [0.25, 0.3) is 0 Å². The van der Waals surface area contributed by atoms with Gasteiger partial charge in [0.05, 0.1) is 18.7 Å². The molecule has 1 aromatic heterocycles. The van der Waals surface area contributed by atoms with Crippen LogP contribution in [0.2, 0.25) is 5.02 Å². The van der Waals surface area contributed by atoms with Gasteiger partial charge in [-0.1, -0.05) is 17.7 Å². The van der Waals surface area contributed by atoms with E-state index in [1.54, 1.807) is 35.5 Å². The summed E-state index contributed by atoms with van der Waals surface area (Å²) in [6, 6.07) is 8.78. The standard InChI is InChI=1S/C18H18ClN3O3/c1-25-16-5-4-14(19)8-15(16)22-11-13(7-17(22)23)18(24)21-10-12-3-2-6-20-9-12/h2-6,8-9,13H,7,10-11H2,1H3,(H,21,24). The molecule has 1 atom stereocenters. The smallest absolute Gasteiger partial charge is 0.227 e. The van der Waals surface area contributed by atoms with Crippen molar-refractivity contribution < 1.29 is 14.3 Å². The number of nitrogens with zero attached hydrogens (tertiary/aromatic N) is 2. The third-order valence-electron chi connectivity index (χ3n) is 4.12. The zero-order valence-corrected chi connectivity index (χ0v) is 14.5. The van der Waals surface area contributed by atoms with Crippen LogP contribution in [0.25, 0.3) is 0 Å². The lowest BCUT2D eigenvalue weighted by atomic mass is 10.1. The van der Waals surface area contributed by atoms with Crippen molar-refractivity contribution in [2.75, 3.05) is 18.6 Å². The molecule has 0 bridgehead atoms. The summed E-state index contributed by atoms with van der Waals surface area (Å²) in [4.78, 5) is 30.3. The molecule has 1 aromatic carbocycles. The second-order valence-corrected chi connectivity index (χ2v) is 6.24. The molecule has 0 saturated carbocycles. The number of aromatic nitrogens is 1. The van der Waals surface area contributed by atoms with Crippen LogP contribution in [0.1, 0.15) is 12.0 Å². The number of carbonyl (C=O) groups excluding carboxylic acids is 2. The number of anilines is 1. The van der Waals surface area contributed by atoms with Crippen LogP contribution in [-0.4, -0.2) is 30.5 Å². The SMILES string of the molecule is COc1ccc(Cl)cc1N1CC(C(=O)NCc2cccnc2)CC1=O. The van der Waals surface area contributed by atoms with Gasteiger partial charge < -0.3 is 15.0 Å². The maximum Gasteiger partial charge on any atom is 0.227 e. The normalized spacial score (nSPS) is 16.8. The lowest BCUT2D eigenvalue weighted by molar-refractivity contribution is -0.126. The molecule has 25 heavy (non-hydrogen) atoms. The molecule has 0 radical (unpaired) electrons. The molecule has 0 aliphatic carbocycles. The van der Waals surface area contributed by atoms with Crippen LogP contribution in [0, 0.1) is 5.92 Å². The van der Waals surface area contributed by atoms with E-state index in [1.165, 1.54) is 7.11 Å². The van der Waals surface area contributed by atoms with Gasteiger partial charge in [-0.3, -0.25) is 14.6 Å². The van der Waals surface area contributed by atoms with Gasteiger partial charge in [-0.15, -0.1) is 0 Å². The topological polar surface area (TPSA) is 71.5 Å². The molecule has 1 aliphatic heterocycles. The van der Waals surface area contributed by atoms with Gasteiger partial charge in [0.2, 0.25) is 11.8 Å². The van der Waals surface area contributed by atoms with Crippen LogP contribution < -0.4 is 15.0 Å². The number of nitrogens with one attached hydrogen (secondary N) is 1. The van der Waals surface area contributed by atoms with Crippen LogP contribution in [0.5, 0.6) is 5.75 Å². The number of benzene rings is 1. The van der Waals surface area contributed by atoms with Crippen molar-refractivity contribution in [1.82, 2.24) is 10.3 Å². The Hall–Kier alpha value is -2.60. The maximum atomic E-state index is 12.4. The maximum absolute atomic E-state index is 12.4. The van der Waals surface area contributed by atoms with E-state index >= 15 is 0 Å². The molecule has 130 valence electrons. The first-order valence-corrected chi connectivity index (χ1v) is 8.27. The Bertz CT molecular complexity index is 782. The van der Waals surface area contributed by atoms with Gasteiger partial charge in [0, 0.05) is 36.9 Å². The number of ether oxygens (including phenoxy) is 1. The first kappa shape index (κ1) is 17.2. The summed E-state index contributed by atoms with van der Waals surface area (Å²) in [5, 5.41) is 3.37. The summed E-state index contributed by atoms with van der Waals surface area (Å²) in [5.74, 6) is -0.134. The van der Waals surface area contributed by atoms with Crippen LogP contribution in [0.4, 0.5) is 5.69 Å².